The number of nitrogens with one attached hydrogen (secondary N) is 3. The van der Waals surface area contributed by atoms with Crippen molar-refractivity contribution >= 4 is 94.1 Å². The summed E-state index contributed by atoms with van der Waals surface area (Å²) in [5.41, 5.74) is -2.06. The van der Waals surface area contributed by atoms with E-state index in [4.69, 9.17) is 32.7 Å². The lowest BCUT2D eigenvalue weighted by Gasteiger charge is -2.54. The van der Waals surface area contributed by atoms with Crippen LogP contribution in [0.1, 0.15) is 190 Å². The molecule has 4 saturated carbocycles. The Morgan fingerprint density at radius 1 is 0.654 bits per heavy atom. The highest BCUT2D eigenvalue weighted by molar-refractivity contribution is 6.30. The average Bonchev–Trinajstić information content (AvgIpc) is 0.910. The topological polar surface area (TPSA) is 289 Å². The summed E-state index contributed by atoms with van der Waals surface area (Å²) in [7, 11) is 11.7. The number of fused-ring (bicyclic) bond motifs is 3. The number of halogens is 2. The number of hydrogen-bond donors (Lipinski definition) is 3. The zero-order chi connectivity index (χ0) is 76.8. The third-order valence-electron chi connectivity index (χ3n) is 23.6. The van der Waals surface area contributed by atoms with Crippen LogP contribution in [0.5, 0.6) is 0 Å². The van der Waals surface area contributed by atoms with Crippen LogP contribution >= 0.6 is 23.2 Å². The zero-order valence-corrected chi connectivity index (χ0v) is 66.4. The second-order valence-corrected chi connectivity index (χ2v) is 33.6. The molecule has 7 aliphatic rings. The Kier molecular flexibility index (Phi) is 31.2. The van der Waals surface area contributed by atoms with Gasteiger partial charge in [0.15, 0.2) is 0 Å². The first kappa shape index (κ1) is 85.1. The molecule has 3 N–H and O–H groups in total. The van der Waals surface area contributed by atoms with Crippen molar-refractivity contribution in [2.75, 3.05) is 102 Å². The molecule has 6 fully saturated rings. The van der Waals surface area contributed by atoms with E-state index in [0.29, 0.717) is 44.4 Å². The highest BCUT2D eigenvalue weighted by atomic mass is 35.5. The number of nitrogens with zero attached hydrogens (tertiary/aromatic N) is 9. The van der Waals surface area contributed by atoms with E-state index in [1.165, 1.54) is 95.6 Å². The van der Waals surface area contributed by atoms with Gasteiger partial charge in [0.2, 0.25) is 70.9 Å². The molecule has 0 aromatic carbocycles. The minimum Gasteiger partial charge on any atom is -0.379 e. The van der Waals surface area contributed by atoms with E-state index in [2.05, 4.69) is 22.9 Å². The van der Waals surface area contributed by atoms with E-state index in [9.17, 15) is 28.8 Å². The largest absolute Gasteiger partial charge is 0.379 e. The predicted molar refractivity (Wildman–Crippen MR) is 396 cm³/mol. The molecular formula is C76H124Cl2N12O14. The first-order chi connectivity index (χ1) is 49.1. The summed E-state index contributed by atoms with van der Waals surface area (Å²) in [5, 5.41) is 8.47. The van der Waals surface area contributed by atoms with Crippen molar-refractivity contribution in [3.63, 3.8) is 0 Å². The number of likely N-dealkylation sites (N-methyl/N-ethyl adjacent to an activating group) is 7. The summed E-state index contributed by atoms with van der Waals surface area (Å²) in [6.45, 7) is 12.6. The summed E-state index contributed by atoms with van der Waals surface area (Å²) in [6, 6.07) is -9.88. The second-order valence-electron chi connectivity index (χ2n) is 32.5. The van der Waals surface area contributed by atoms with Gasteiger partial charge in [-0.25, -0.2) is 0 Å². The van der Waals surface area contributed by atoms with Crippen molar-refractivity contribution < 1.29 is 67.0 Å². The molecule has 0 radical (unpaired) electrons. The number of ether oxygens (including phenoxy) is 2. The van der Waals surface area contributed by atoms with Crippen molar-refractivity contribution in [2.24, 2.45) is 35.0 Å². The molecule has 104 heavy (non-hydrogen) atoms. The van der Waals surface area contributed by atoms with Gasteiger partial charge >= 0.3 is 0 Å². The van der Waals surface area contributed by atoms with Gasteiger partial charge < -0.3 is 69.5 Å². The number of rotatable bonds is 16. The van der Waals surface area contributed by atoms with Crippen LogP contribution in [0.2, 0.25) is 0 Å². The standard InChI is InChI=1S/C76H124Cl2N12O14/c1-16-35-103-44-61-66(94)80-65(48(5)17-2)73(101)84(11)43-64(93)85(12)56-25-20-19-21-34-89(72(56)100)60(38-51-28-26-47(4)27-29-51)70(98)83(10)42-62(91)79-55(33-31-50-30-32-53(77)54(78)36-50)68(96)90-41-52(104-18-3)39-57(90)67(95)81-76(45-75(6,7)46-76)74(102)88(15)58(37-49-23-22-24-49)71(99)87(14)59(69(97)82(8)9)40-63(92)86(61)13/h19-20,47-61,65H,16-18,21-46H2,1-15H3,(H,79,91)(H,80,94)(H,81,95)/b20-19-/t47?,48-,50?,51?,52+,53?,54?,55-,56-,57+,58-,59+,60+,61-,65-/m0/s1. The number of hydrogen-bond acceptors (Lipinski definition) is 14. The molecule has 2 bridgehead atoms. The monoisotopic (exact) mass is 1500 g/mol. The Hall–Kier alpha value is -6.12. The van der Waals surface area contributed by atoms with Gasteiger partial charge in [0.1, 0.15) is 53.9 Å². The Bertz CT molecular complexity index is 3060. The molecule has 26 nitrogen and oxygen atoms in total. The van der Waals surface area contributed by atoms with Crippen LogP contribution in [0.4, 0.5) is 0 Å². The number of carbonyl (C=O) groups excluding carboxylic acids is 12. The maximum Gasteiger partial charge on any atom is 0.248 e. The third-order valence-corrected chi connectivity index (χ3v) is 24.7. The molecule has 4 aliphatic carbocycles. The molecule has 0 aromatic heterocycles. The fourth-order valence-corrected chi connectivity index (χ4v) is 17.3. The summed E-state index contributed by atoms with van der Waals surface area (Å²) in [4.78, 5) is 194. The molecule has 586 valence electrons. The quantitative estimate of drug-likeness (QED) is 0.0967. The molecule has 3 heterocycles. The second kappa shape index (κ2) is 38.1. The van der Waals surface area contributed by atoms with E-state index in [1.807, 2.05) is 46.8 Å². The predicted octanol–water partition coefficient (Wildman–Crippen LogP) is 5.58. The summed E-state index contributed by atoms with van der Waals surface area (Å²) in [6.07, 6.45) is 13.2. The number of carbonyl (C=O) groups is 12. The Labute approximate surface area is 628 Å². The van der Waals surface area contributed by atoms with E-state index < -0.39 is 162 Å². The lowest BCUT2D eigenvalue weighted by molar-refractivity contribution is -0.160. The van der Waals surface area contributed by atoms with E-state index >= 15 is 28.8 Å². The first-order valence-electron chi connectivity index (χ1n) is 38.5. The van der Waals surface area contributed by atoms with Gasteiger partial charge in [-0.05, 0) is 119 Å². The summed E-state index contributed by atoms with van der Waals surface area (Å²) < 4.78 is 12.1. The molecule has 3 aliphatic heterocycles. The maximum atomic E-state index is 15.8. The van der Waals surface area contributed by atoms with Crippen LogP contribution in [0.25, 0.3) is 0 Å². The summed E-state index contributed by atoms with van der Waals surface area (Å²) in [5.74, 6) is -7.36. The smallest absolute Gasteiger partial charge is 0.248 e. The zero-order valence-electron chi connectivity index (χ0n) is 64.9. The average molecular weight is 1500 g/mol. The molecule has 12 amide bonds. The molecule has 2 saturated heterocycles. The van der Waals surface area contributed by atoms with E-state index in [0.717, 1.165) is 56.3 Å². The normalized spacial score (nSPS) is 32.0. The van der Waals surface area contributed by atoms with Gasteiger partial charge in [-0.15, -0.1) is 23.2 Å². The Balaban J connectivity index is 1.32. The van der Waals surface area contributed by atoms with E-state index in [-0.39, 0.29) is 106 Å². The minimum absolute atomic E-state index is 0.0183. The van der Waals surface area contributed by atoms with Gasteiger partial charge in [-0.1, -0.05) is 105 Å². The molecule has 0 aromatic rings. The molecule has 28 heteroatoms. The van der Waals surface area contributed by atoms with Gasteiger partial charge in [0, 0.05) is 94.5 Å². The molecule has 1 spiro atoms. The number of alkyl halides is 2. The van der Waals surface area contributed by atoms with Crippen LogP contribution in [0.3, 0.4) is 0 Å². The number of amides is 12. The first-order valence-corrected chi connectivity index (χ1v) is 39.4. The van der Waals surface area contributed by atoms with Crippen molar-refractivity contribution in [1.82, 2.24) is 60.0 Å². The van der Waals surface area contributed by atoms with Gasteiger partial charge in [0.25, 0.3) is 0 Å². The lowest BCUT2D eigenvalue weighted by Crippen LogP contribution is -2.71. The van der Waals surface area contributed by atoms with Gasteiger partial charge in [0.05, 0.1) is 37.6 Å². The molecular weight excluding hydrogens is 1380 g/mol. The van der Waals surface area contributed by atoms with Crippen molar-refractivity contribution in [3.8, 4) is 0 Å². The van der Waals surface area contributed by atoms with Crippen LogP contribution in [-0.4, -0.2) is 288 Å². The van der Waals surface area contributed by atoms with Crippen molar-refractivity contribution in [1.29, 1.82) is 0 Å². The lowest BCUT2D eigenvalue weighted by atomic mass is 9.58. The third kappa shape index (κ3) is 21.4. The van der Waals surface area contributed by atoms with Gasteiger partial charge in [-0.3, -0.25) is 57.5 Å². The van der Waals surface area contributed by atoms with Crippen LogP contribution in [-0.2, 0) is 67.0 Å². The van der Waals surface area contributed by atoms with Crippen molar-refractivity contribution in [2.45, 2.75) is 260 Å². The van der Waals surface area contributed by atoms with Gasteiger partial charge in [-0.2, -0.15) is 0 Å². The minimum atomic E-state index is -1.58. The maximum absolute atomic E-state index is 15.8. The fraction of sp³-hybridized carbons (Fsp3) is 0.816. The Morgan fingerprint density at radius 3 is 1.90 bits per heavy atom. The molecule has 3 unspecified atom stereocenters. The molecule has 7 rings (SSSR count). The fourth-order valence-electron chi connectivity index (χ4n) is 16.7. The van der Waals surface area contributed by atoms with Crippen molar-refractivity contribution in [3.05, 3.63) is 12.2 Å². The van der Waals surface area contributed by atoms with Crippen LogP contribution < -0.4 is 16.0 Å². The Morgan fingerprint density at radius 2 is 1.30 bits per heavy atom. The molecule has 13 atom stereocenters. The SMILES string of the molecule is CCCOC[C@H]1C(=O)N[C@@H]([C@@H](C)CC)C(=O)N(C)CC(=O)N(C)[C@H]2C/C=C\CCN(C2=O)[C@H](CC2CCC(C)CC2)C(=O)N(C)CC(=O)N[C@@H](CCC2CCC(Cl)C(Cl)C2)C(=O)N2C[C@H](OCC)C[C@@H]2C(=O)NC2(CC(C)(C)C2)C(=O)N(C)[C@@H](CC2CCC2)C(=O)N(C)[C@@H](C(=O)N(C)C)CC(=O)N1C. The van der Waals surface area contributed by atoms with E-state index in [1.54, 1.807) is 6.92 Å². The van der Waals surface area contributed by atoms with Crippen LogP contribution in [0.15, 0.2) is 12.2 Å². The summed E-state index contributed by atoms with van der Waals surface area (Å²) >= 11 is 13.4. The highest BCUT2D eigenvalue weighted by Gasteiger charge is 2.59. The highest BCUT2D eigenvalue weighted by Crippen LogP contribution is 2.50. The van der Waals surface area contributed by atoms with Crippen LogP contribution in [0, 0.1) is 35.0 Å².